The van der Waals surface area contributed by atoms with E-state index in [4.69, 9.17) is 5.73 Å². The van der Waals surface area contributed by atoms with E-state index in [0.717, 1.165) is 17.4 Å². The molecule has 2 N–H and O–H groups in total. The van der Waals surface area contributed by atoms with Crippen LogP contribution in [0.3, 0.4) is 0 Å². The molecule has 0 radical (unpaired) electrons. The van der Waals surface area contributed by atoms with Crippen LogP contribution >= 0.6 is 11.8 Å². The first kappa shape index (κ1) is 13.6. The van der Waals surface area contributed by atoms with E-state index in [9.17, 15) is 0 Å². The number of benzene rings is 1. The Kier molecular flexibility index (Phi) is 5.93. The Hall–Kier alpha value is -0.470. The summed E-state index contributed by atoms with van der Waals surface area (Å²) in [6, 6.07) is 8.96. The molecule has 0 amide bonds. The summed E-state index contributed by atoms with van der Waals surface area (Å²) in [6.07, 6.45) is 2.21. The van der Waals surface area contributed by atoms with Crippen molar-refractivity contribution in [3.05, 3.63) is 35.4 Å². The summed E-state index contributed by atoms with van der Waals surface area (Å²) in [6.45, 7) is 6.61. The summed E-state index contributed by atoms with van der Waals surface area (Å²) in [5.74, 6) is 1.06. The van der Waals surface area contributed by atoms with Crippen molar-refractivity contribution in [2.45, 2.75) is 44.9 Å². The van der Waals surface area contributed by atoms with Crippen LogP contribution in [0, 0.1) is 6.92 Å². The lowest BCUT2D eigenvalue weighted by Crippen LogP contribution is -2.26. The lowest BCUT2D eigenvalue weighted by molar-refractivity contribution is 0.745. The topological polar surface area (TPSA) is 26.0 Å². The van der Waals surface area contributed by atoms with Crippen molar-refractivity contribution >= 4 is 11.8 Å². The molecule has 1 aromatic rings. The molecule has 0 saturated carbocycles. The zero-order valence-electron chi connectivity index (χ0n) is 10.6. The van der Waals surface area contributed by atoms with Crippen LogP contribution in [-0.2, 0) is 6.42 Å². The molecule has 1 aromatic carbocycles. The van der Waals surface area contributed by atoms with Gasteiger partial charge >= 0.3 is 0 Å². The van der Waals surface area contributed by atoms with E-state index in [1.807, 2.05) is 11.8 Å². The van der Waals surface area contributed by atoms with Crippen LogP contribution in [0.5, 0.6) is 0 Å². The smallest absolute Gasteiger partial charge is 0.0171 e. The number of hydrogen-bond acceptors (Lipinski definition) is 2. The van der Waals surface area contributed by atoms with Gasteiger partial charge in [-0.1, -0.05) is 43.7 Å². The van der Waals surface area contributed by atoms with Crippen LogP contribution < -0.4 is 5.73 Å². The van der Waals surface area contributed by atoms with Crippen LogP contribution in [0.4, 0.5) is 0 Å². The number of thioether (sulfide) groups is 1. The monoisotopic (exact) mass is 237 g/mol. The molecule has 1 nitrogen and oxygen atoms in total. The van der Waals surface area contributed by atoms with Crippen molar-refractivity contribution in [2.24, 2.45) is 5.73 Å². The lowest BCUT2D eigenvalue weighted by atomic mass is 10.1. The molecule has 0 heterocycles. The molecule has 2 heteroatoms. The van der Waals surface area contributed by atoms with Crippen molar-refractivity contribution < 1.29 is 0 Å². The third kappa shape index (κ3) is 5.04. The van der Waals surface area contributed by atoms with Gasteiger partial charge < -0.3 is 5.73 Å². The maximum atomic E-state index is 6.13. The molecule has 0 aliphatic heterocycles. The van der Waals surface area contributed by atoms with Gasteiger partial charge in [0.25, 0.3) is 0 Å². The zero-order chi connectivity index (χ0) is 12.0. The molecule has 2 atom stereocenters. The summed E-state index contributed by atoms with van der Waals surface area (Å²) in [5.41, 5.74) is 8.79. The molecule has 0 aromatic heterocycles. The fourth-order valence-electron chi connectivity index (χ4n) is 1.49. The quantitative estimate of drug-likeness (QED) is 0.820. The minimum absolute atomic E-state index is 0.279. The summed E-state index contributed by atoms with van der Waals surface area (Å²) in [7, 11) is 0. The SMILES string of the molecule is CCC(C)SCC(N)Cc1ccc(C)cc1. The summed E-state index contributed by atoms with van der Waals surface area (Å²) in [4.78, 5) is 0. The Morgan fingerprint density at radius 3 is 2.44 bits per heavy atom. The van der Waals surface area contributed by atoms with Crippen molar-refractivity contribution in [1.29, 1.82) is 0 Å². The highest BCUT2D eigenvalue weighted by Gasteiger charge is 2.06. The fourth-order valence-corrected chi connectivity index (χ4v) is 2.42. The minimum atomic E-state index is 0.279. The molecular formula is C14H23NS. The lowest BCUT2D eigenvalue weighted by Gasteiger charge is -2.14. The molecule has 0 aliphatic rings. The number of rotatable bonds is 6. The standard InChI is InChI=1S/C14H23NS/c1-4-12(3)16-10-14(15)9-13-7-5-11(2)6-8-13/h5-8,12,14H,4,9-10,15H2,1-3H3. The Morgan fingerprint density at radius 2 is 1.88 bits per heavy atom. The Balaban J connectivity index is 2.33. The van der Waals surface area contributed by atoms with Gasteiger partial charge in [0.1, 0.15) is 0 Å². The van der Waals surface area contributed by atoms with Crippen molar-refractivity contribution in [3.63, 3.8) is 0 Å². The van der Waals surface area contributed by atoms with E-state index in [-0.39, 0.29) is 6.04 Å². The summed E-state index contributed by atoms with van der Waals surface area (Å²) in [5, 5.41) is 0.726. The highest BCUT2D eigenvalue weighted by molar-refractivity contribution is 7.99. The molecule has 0 bridgehead atoms. The van der Waals surface area contributed by atoms with Crippen molar-refractivity contribution in [3.8, 4) is 0 Å². The first-order valence-corrected chi connectivity index (χ1v) is 7.09. The highest BCUT2D eigenvalue weighted by Crippen LogP contribution is 2.15. The fraction of sp³-hybridized carbons (Fsp3) is 0.571. The van der Waals surface area contributed by atoms with Gasteiger partial charge in [0, 0.05) is 17.0 Å². The second-order valence-corrected chi connectivity index (χ2v) is 5.97. The van der Waals surface area contributed by atoms with Gasteiger partial charge in [0.05, 0.1) is 0 Å². The van der Waals surface area contributed by atoms with Gasteiger partial charge in [-0.2, -0.15) is 11.8 Å². The molecule has 0 spiro atoms. The average molecular weight is 237 g/mol. The van der Waals surface area contributed by atoms with Crippen LogP contribution in [0.15, 0.2) is 24.3 Å². The molecule has 0 aliphatic carbocycles. The van der Waals surface area contributed by atoms with Crippen LogP contribution in [0.25, 0.3) is 0 Å². The van der Waals surface area contributed by atoms with Gasteiger partial charge in [-0.3, -0.25) is 0 Å². The molecule has 16 heavy (non-hydrogen) atoms. The maximum Gasteiger partial charge on any atom is 0.0171 e. The molecule has 0 fully saturated rings. The van der Waals surface area contributed by atoms with E-state index < -0.39 is 0 Å². The highest BCUT2D eigenvalue weighted by atomic mass is 32.2. The Labute approximate surface area is 104 Å². The van der Waals surface area contributed by atoms with Crippen LogP contribution in [0.1, 0.15) is 31.4 Å². The Bertz CT molecular complexity index is 294. The first-order chi connectivity index (χ1) is 7.61. The molecule has 2 unspecified atom stereocenters. The van der Waals surface area contributed by atoms with E-state index in [0.29, 0.717) is 0 Å². The molecule has 0 saturated heterocycles. The zero-order valence-corrected chi connectivity index (χ0v) is 11.4. The summed E-state index contributed by atoms with van der Waals surface area (Å²) >= 11 is 1.98. The number of hydrogen-bond donors (Lipinski definition) is 1. The maximum absolute atomic E-state index is 6.13. The third-order valence-corrected chi connectivity index (χ3v) is 4.31. The predicted octanol–water partition coefficient (Wildman–Crippen LogP) is 3.40. The van der Waals surface area contributed by atoms with Crippen LogP contribution in [-0.4, -0.2) is 17.0 Å². The van der Waals surface area contributed by atoms with Crippen LogP contribution in [0.2, 0.25) is 0 Å². The van der Waals surface area contributed by atoms with E-state index in [2.05, 4.69) is 45.0 Å². The summed E-state index contributed by atoms with van der Waals surface area (Å²) < 4.78 is 0. The minimum Gasteiger partial charge on any atom is -0.327 e. The van der Waals surface area contributed by atoms with Gasteiger partial charge in [-0.25, -0.2) is 0 Å². The molecule has 1 rings (SSSR count). The molecule has 90 valence electrons. The van der Waals surface area contributed by atoms with E-state index in [1.54, 1.807) is 0 Å². The average Bonchev–Trinajstić information content (AvgIpc) is 2.29. The van der Waals surface area contributed by atoms with Gasteiger partial charge in [0.15, 0.2) is 0 Å². The normalized spacial score (nSPS) is 14.8. The van der Waals surface area contributed by atoms with E-state index >= 15 is 0 Å². The predicted molar refractivity (Wildman–Crippen MR) is 75.1 cm³/mol. The molecular weight excluding hydrogens is 214 g/mol. The first-order valence-electron chi connectivity index (χ1n) is 6.04. The van der Waals surface area contributed by atoms with Gasteiger partial charge in [0.2, 0.25) is 0 Å². The number of aryl methyl sites for hydroxylation is 1. The number of nitrogens with two attached hydrogens (primary N) is 1. The second kappa shape index (κ2) is 6.97. The second-order valence-electron chi connectivity index (χ2n) is 4.50. The van der Waals surface area contributed by atoms with Gasteiger partial charge in [-0.05, 0) is 25.3 Å². The largest absolute Gasteiger partial charge is 0.327 e. The van der Waals surface area contributed by atoms with E-state index in [1.165, 1.54) is 17.5 Å². The van der Waals surface area contributed by atoms with Gasteiger partial charge in [-0.15, -0.1) is 0 Å². The van der Waals surface area contributed by atoms with Crippen molar-refractivity contribution in [2.75, 3.05) is 5.75 Å². The Morgan fingerprint density at radius 1 is 1.25 bits per heavy atom. The third-order valence-electron chi connectivity index (χ3n) is 2.79. The van der Waals surface area contributed by atoms with Crippen molar-refractivity contribution in [1.82, 2.24) is 0 Å².